The van der Waals surface area contributed by atoms with Crippen LogP contribution < -0.4 is 0 Å². The molecule has 0 saturated heterocycles. The van der Waals surface area contributed by atoms with Gasteiger partial charge in [0.1, 0.15) is 0 Å². The molecule has 2 radical (unpaired) electrons. The summed E-state index contributed by atoms with van der Waals surface area (Å²) in [7, 11) is 6.74. The summed E-state index contributed by atoms with van der Waals surface area (Å²) in [5, 5.41) is 9.21. The van der Waals surface area contributed by atoms with Crippen LogP contribution in [0.15, 0.2) is 0 Å². The van der Waals surface area contributed by atoms with Gasteiger partial charge < -0.3 is 5.11 Å². The van der Waals surface area contributed by atoms with Gasteiger partial charge in [0.05, 0.1) is 7.85 Å². The monoisotopic (exact) mass is 266 g/mol. The molecule has 112 valence electrons. The lowest BCUT2D eigenvalue weighted by Crippen LogP contribution is -2.37. The van der Waals surface area contributed by atoms with Crippen molar-refractivity contribution in [1.29, 1.82) is 0 Å². The highest BCUT2D eigenvalue weighted by Gasteiger charge is 2.41. The molecule has 0 spiro atoms. The number of aliphatic hydroxyl groups is 1. The maximum atomic E-state index is 9.39. The van der Waals surface area contributed by atoms with E-state index in [9.17, 15) is 5.11 Å². The maximum Gasteiger partial charge on any atom is 0.0750 e. The second-order valence-corrected chi connectivity index (χ2v) is 7.79. The number of hydrogen-bond acceptors (Lipinski definition) is 1. The van der Waals surface area contributed by atoms with Gasteiger partial charge in [-0.3, -0.25) is 0 Å². The van der Waals surface area contributed by atoms with Gasteiger partial charge >= 0.3 is 0 Å². The van der Waals surface area contributed by atoms with E-state index in [0.29, 0.717) is 17.8 Å². The first kappa shape index (κ1) is 19.0. The predicted octanol–water partition coefficient (Wildman–Crippen LogP) is 4.84. The SMILES string of the molecule is [B]C(C)(CC(C)CC)C(C)(CC(C)C)CC(C)CO. The van der Waals surface area contributed by atoms with Crippen LogP contribution in [0.3, 0.4) is 0 Å². The van der Waals surface area contributed by atoms with Crippen molar-refractivity contribution >= 4 is 7.85 Å². The van der Waals surface area contributed by atoms with Crippen LogP contribution in [0.25, 0.3) is 0 Å². The summed E-state index contributed by atoms with van der Waals surface area (Å²) in [6, 6.07) is 0. The molecule has 0 aromatic heterocycles. The Morgan fingerprint density at radius 3 is 1.84 bits per heavy atom. The highest BCUT2D eigenvalue weighted by molar-refractivity contribution is 6.15. The quantitative estimate of drug-likeness (QED) is 0.592. The first-order valence-electron chi connectivity index (χ1n) is 7.97. The zero-order valence-corrected chi connectivity index (χ0v) is 14.3. The van der Waals surface area contributed by atoms with Crippen molar-refractivity contribution in [1.82, 2.24) is 0 Å². The van der Waals surface area contributed by atoms with Gasteiger partial charge in [0, 0.05) is 6.61 Å². The summed E-state index contributed by atoms with van der Waals surface area (Å²) in [4.78, 5) is 0. The molecule has 1 N–H and O–H groups in total. The summed E-state index contributed by atoms with van der Waals surface area (Å²) in [5.74, 6) is 1.62. The van der Waals surface area contributed by atoms with Crippen molar-refractivity contribution in [2.45, 2.75) is 79.5 Å². The molecule has 2 heteroatoms. The lowest BCUT2D eigenvalue weighted by molar-refractivity contribution is 0.0946. The topological polar surface area (TPSA) is 20.2 Å². The summed E-state index contributed by atoms with van der Waals surface area (Å²) in [6.07, 6.45) is 4.37. The Morgan fingerprint density at radius 2 is 1.47 bits per heavy atom. The van der Waals surface area contributed by atoms with E-state index in [1.54, 1.807) is 0 Å². The molecule has 4 atom stereocenters. The molecular weight excluding hydrogens is 231 g/mol. The van der Waals surface area contributed by atoms with E-state index in [1.165, 1.54) is 6.42 Å². The van der Waals surface area contributed by atoms with Crippen LogP contribution in [0.4, 0.5) is 0 Å². The molecule has 4 unspecified atom stereocenters. The highest BCUT2D eigenvalue weighted by Crippen LogP contribution is 2.54. The van der Waals surface area contributed by atoms with Gasteiger partial charge in [0.25, 0.3) is 0 Å². The van der Waals surface area contributed by atoms with Crippen molar-refractivity contribution in [3.05, 3.63) is 0 Å². The van der Waals surface area contributed by atoms with Gasteiger partial charge in [-0.2, -0.15) is 0 Å². The van der Waals surface area contributed by atoms with Crippen LogP contribution in [0.2, 0.25) is 5.31 Å². The molecule has 0 aliphatic carbocycles. The fourth-order valence-electron chi connectivity index (χ4n) is 3.40. The van der Waals surface area contributed by atoms with Crippen molar-refractivity contribution in [2.75, 3.05) is 6.61 Å². The third-order valence-electron chi connectivity index (χ3n) is 4.82. The first-order valence-corrected chi connectivity index (χ1v) is 7.97. The second kappa shape index (κ2) is 7.71. The third-order valence-corrected chi connectivity index (χ3v) is 4.82. The Morgan fingerprint density at radius 1 is 0.947 bits per heavy atom. The normalized spacial score (nSPS) is 21.7. The molecule has 0 fully saturated rings. The summed E-state index contributed by atoms with van der Waals surface area (Å²) < 4.78 is 0. The molecule has 0 aliphatic heterocycles. The van der Waals surface area contributed by atoms with E-state index in [0.717, 1.165) is 19.3 Å². The third kappa shape index (κ3) is 5.89. The zero-order valence-electron chi connectivity index (χ0n) is 14.3. The van der Waals surface area contributed by atoms with E-state index >= 15 is 0 Å². The van der Waals surface area contributed by atoms with Gasteiger partial charge in [-0.15, -0.1) is 0 Å². The average molecular weight is 266 g/mol. The van der Waals surface area contributed by atoms with E-state index in [2.05, 4.69) is 48.5 Å². The van der Waals surface area contributed by atoms with Crippen LogP contribution >= 0.6 is 0 Å². The Balaban J connectivity index is 5.08. The molecule has 0 aliphatic rings. The van der Waals surface area contributed by atoms with Gasteiger partial charge in [-0.05, 0) is 36.0 Å². The lowest BCUT2D eigenvalue weighted by atomic mass is 9.47. The van der Waals surface area contributed by atoms with Crippen LogP contribution in [0, 0.1) is 23.2 Å². The van der Waals surface area contributed by atoms with Gasteiger partial charge in [0.15, 0.2) is 0 Å². The minimum atomic E-state index is -0.171. The molecule has 0 aromatic rings. The standard InChI is InChI=1S/C17H35BO/c1-8-14(4)11-17(7,18)16(6,9-13(2)3)10-15(5)12-19/h13-15,19H,8-12H2,1-7H3. The molecule has 19 heavy (non-hydrogen) atoms. The highest BCUT2D eigenvalue weighted by atomic mass is 16.3. The van der Waals surface area contributed by atoms with E-state index in [4.69, 9.17) is 7.85 Å². The minimum Gasteiger partial charge on any atom is -0.396 e. The van der Waals surface area contributed by atoms with E-state index in [1.807, 2.05) is 0 Å². The lowest BCUT2D eigenvalue weighted by Gasteiger charge is -2.49. The van der Waals surface area contributed by atoms with Crippen LogP contribution in [-0.2, 0) is 0 Å². The van der Waals surface area contributed by atoms with Crippen molar-refractivity contribution in [3.8, 4) is 0 Å². The van der Waals surface area contributed by atoms with Gasteiger partial charge in [0.2, 0.25) is 0 Å². The molecule has 1 nitrogen and oxygen atoms in total. The van der Waals surface area contributed by atoms with E-state index in [-0.39, 0.29) is 17.3 Å². The largest absolute Gasteiger partial charge is 0.396 e. The molecule has 0 bridgehead atoms. The summed E-state index contributed by atoms with van der Waals surface area (Å²) >= 11 is 0. The molecule has 0 amide bonds. The van der Waals surface area contributed by atoms with Crippen molar-refractivity contribution in [3.63, 3.8) is 0 Å². The number of aliphatic hydroxyl groups excluding tert-OH is 1. The predicted molar refractivity (Wildman–Crippen MR) is 86.6 cm³/mol. The van der Waals surface area contributed by atoms with E-state index < -0.39 is 0 Å². The Labute approximate surface area is 123 Å². The van der Waals surface area contributed by atoms with Crippen molar-refractivity contribution in [2.24, 2.45) is 23.2 Å². The molecular formula is C17H35BO. The van der Waals surface area contributed by atoms with Gasteiger partial charge in [-0.25, -0.2) is 0 Å². The zero-order chi connectivity index (χ0) is 15.3. The molecule has 0 aromatic carbocycles. The molecule has 0 saturated carbocycles. The Bertz CT molecular complexity index is 250. The number of rotatable bonds is 9. The fourth-order valence-corrected chi connectivity index (χ4v) is 3.40. The summed E-state index contributed by atoms with van der Waals surface area (Å²) in [5.41, 5.74) is 0.0900. The number of hydrogen-bond donors (Lipinski definition) is 1. The minimum absolute atomic E-state index is 0.0900. The average Bonchev–Trinajstić information content (AvgIpc) is 2.26. The molecule has 0 rings (SSSR count). The Hall–Kier alpha value is 0.0249. The fraction of sp³-hybridized carbons (Fsp3) is 1.00. The maximum absolute atomic E-state index is 9.39. The van der Waals surface area contributed by atoms with Crippen LogP contribution in [0.1, 0.15) is 74.1 Å². The van der Waals surface area contributed by atoms with Crippen LogP contribution in [-0.4, -0.2) is 19.6 Å². The van der Waals surface area contributed by atoms with Crippen molar-refractivity contribution < 1.29 is 5.11 Å². The van der Waals surface area contributed by atoms with Crippen LogP contribution in [0.5, 0.6) is 0 Å². The second-order valence-electron chi connectivity index (χ2n) is 7.79. The first-order chi connectivity index (χ1) is 8.58. The molecule has 0 heterocycles. The summed E-state index contributed by atoms with van der Waals surface area (Å²) in [6.45, 7) is 16.0. The van der Waals surface area contributed by atoms with Gasteiger partial charge in [-0.1, -0.05) is 66.6 Å². The smallest absolute Gasteiger partial charge is 0.0750 e. The Kier molecular flexibility index (Phi) is 7.72.